The summed E-state index contributed by atoms with van der Waals surface area (Å²) in [6.45, 7) is 3.59. The molecule has 0 aliphatic heterocycles. The lowest BCUT2D eigenvalue weighted by Crippen LogP contribution is -2.41. The van der Waals surface area contributed by atoms with Gasteiger partial charge >= 0.3 is 11.9 Å². The average molecular weight is 335 g/mol. The molecule has 0 saturated heterocycles. The Bertz CT molecular complexity index is 619. The van der Waals surface area contributed by atoms with Crippen molar-refractivity contribution in [1.82, 2.24) is 4.72 Å². The third-order valence-electron chi connectivity index (χ3n) is 2.54. The minimum atomic E-state index is -3.99. The Labute approximate surface area is 127 Å². The highest BCUT2D eigenvalue weighted by molar-refractivity contribution is 7.91. The predicted molar refractivity (Wildman–Crippen MR) is 76.9 cm³/mol. The zero-order chi connectivity index (χ0) is 16.2. The molecule has 0 amide bonds. The van der Waals surface area contributed by atoms with Crippen molar-refractivity contribution in [3.63, 3.8) is 0 Å². The minimum absolute atomic E-state index is 0.0164. The Hall–Kier alpha value is -1.45. The predicted octanol–water partition coefficient (Wildman–Crippen LogP) is 1.31. The number of carbonyl (C=O) groups is 2. The SMILES string of the molecule is COC(=O)c1ccc(S(=O)(=O)N[C@H](CC(C)C)C(=O)O)s1. The average Bonchev–Trinajstić information content (AvgIpc) is 2.86. The number of rotatable bonds is 7. The lowest BCUT2D eigenvalue weighted by molar-refractivity contribution is -0.139. The first kappa shape index (κ1) is 17.6. The molecule has 21 heavy (non-hydrogen) atoms. The van der Waals surface area contributed by atoms with Crippen LogP contribution in [-0.4, -0.2) is 38.6 Å². The van der Waals surface area contributed by atoms with Crippen molar-refractivity contribution in [2.24, 2.45) is 5.92 Å². The van der Waals surface area contributed by atoms with E-state index in [0.29, 0.717) is 0 Å². The molecule has 9 heteroatoms. The molecule has 0 unspecified atom stereocenters. The van der Waals surface area contributed by atoms with Crippen LogP contribution in [-0.2, 0) is 19.6 Å². The van der Waals surface area contributed by atoms with Crippen molar-refractivity contribution < 1.29 is 27.9 Å². The van der Waals surface area contributed by atoms with E-state index in [1.165, 1.54) is 19.2 Å². The summed E-state index contributed by atoms with van der Waals surface area (Å²) in [5.41, 5.74) is 0. The van der Waals surface area contributed by atoms with E-state index in [-0.39, 0.29) is 21.4 Å². The normalized spacial score (nSPS) is 13.1. The van der Waals surface area contributed by atoms with Gasteiger partial charge in [-0.15, -0.1) is 11.3 Å². The van der Waals surface area contributed by atoms with Gasteiger partial charge in [0.05, 0.1) is 7.11 Å². The van der Waals surface area contributed by atoms with E-state index in [1.807, 2.05) is 0 Å². The molecular formula is C12H17NO6S2. The summed E-state index contributed by atoms with van der Waals surface area (Å²) < 4.78 is 30.8. The number of carboxylic acid groups (broad SMARTS) is 1. The third kappa shape index (κ3) is 4.80. The molecule has 1 atom stereocenters. The van der Waals surface area contributed by atoms with Gasteiger partial charge in [-0.1, -0.05) is 13.8 Å². The van der Waals surface area contributed by atoms with Gasteiger partial charge in [0.15, 0.2) is 0 Å². The van der Waals surface area contributed by atoms with Gasteiger partial charge in [0, 0.05) is 0 Å². The molecule has 0 radical (unpaired) electrons. The summed E-state index contributed by atoms with van der Waals surface area (Å²) >= 11 is 0.727. The van der Waals surface area contributed by atoms with Gasteiger partial charge in [0.2, 0.25) is 0 Å². The lowest BCUT2D eigenvalue weighted by atomic mass is 10.1. The number of methoxy groups -OCH3 is 1. The number of esters is 1. The molecule has 0 aliphatic carbocycles. The Morgan fingerprint density at radius 3 is 2.48 bits per heavy atom. The second kappa shape index (κ2) is 7.01. The van der Waals surface area contributed by atoms with Crippen LogP contribution in [0.25, 0.3) is 0 Å². The van der Waals surface area contributed by atoms with Crippen molar-refractivity contribution in [3.8, 4) is 0 Å². The fraction of sp³-hybridized carbons (Fsp3) is 0.500. The summed E-state index contributed by atoms with van der Waals surface area (Å²) in [7, 11) is -2.80. The van der Waals surface area contributed by atoms with E-state index in [1.54, 1.807) is 13.8 Å². The smallest absolute Gasteiger partial charge is 0.348 e. The van der Waals surface area contributed by atoms with Gasteiger partial charge in [-0.3, -0.25) is 4.79 Å². The highest BCUT2D eigenvalue weighted by Crippen LogP contribution is 2.23. The number of hydrogen-bond acceptors (Lipinski definition) is 6. The summed E-state index contributed by atoms with van der Waals surface area (Å²) in [5, 5.41) is 9.07. The van der Waals surface area contributed by atoms with Gasteiger partial charge in [0.1, 0.15) is 15.1 Å². The molecular weight excluding hydrogens is 318 g/mol. The monoisotopic (exact) mass is 335 g/mol. The molecule has 118 valence electrons. The van der Waals surface area contributed by atoms with E-state index < -0.39 is 28.0 Å². The van der Waals surface area contributed by atoms with Crippen LogP contribution in [0.2, 0.25) is 0 Å². The summed E-state index contributed by atoms with van der Waals surface area (Å²) in [6, 6.07) is 1.36. The van der Waals surface area contributed by atoms with E-state index in [4.69, 9.17) is 5.11 Å². The maximum atomic E-state index is 12.1. The van der Waals surface area contributed by atoms with E-state index in [9.17, 15) is 18.0 Å². The first-order chi connectivity index (χ1) is 9.67. The van der Waals surface area contributed by atoms with Gasteiger partial charge < -0.3 is 9.84 Å². The Balaban J connectivity index is 2.97. The highest BCUT2D eigenvalue weighted by Gasteiger charge is 2.27. The fourth-order valence-electron chi connectivity index (χ4n) is 1.59. The fourth-order valence-corrected chi connectivity index (χ4v) is 4.03. The van der Waals surface area contributed by atoms with Crippen molar-refractivity contribution in [2.75, 3.05) is 7.11 Å². The largest absolute Gasteiger partial charge is 0.480 e. The molecule has 0 saturated carbocycles. The van der Waals surface area contributed by atoms with E-state index in [0.717, 1.165) is 11.3 Å². The molecule has 0 fully saturated rings. The number of hydrogen-bond donors (Lipinski definition) is 2. The number of aliphatic carboxylic acids is 1. The highest BCUT2D eigenvalue weighted by atomic mass is 32.2. The zero-order valence-corrected chi connectivity index (χ0v) is 13.5. The van der Waals surface area contributed by atoms with E-state index >= 15 is 0 Å². The quantitative estimate of drug-likeness (QED) is 0.727. The molecule has 0 spiro atoms. The van der Waals surface area contributed by atoms with Gasteiger partial charge in [-0.25, -0.2) is 13.2 Å². The molecule has 0 aliphatic rings. The summed E-state index contributed by atoms with van der Waals surface area (Å²) in [6.07, 6.45) is 0.170. The number of carbonyl (C=O) groups excluding carboxylic acids is 1. The standard InChI is InChI=1S/C12H17NO6S2/c1-7(2)6-8(11(14)15)13-21(17,18)10-5-4-9(20-10)12(16)19-3/h4-5,7-8,13H,6H2,1-3H3,(H,14,15)/t8-/m1/s1. The molecule has 1 aromatic rings. The van der Waals surface area contributed by atoms with Gasteiger partial charge in [0.25, 0.3) is 10.0 Å². The minimum Gasteiger partial charge on any atom is -0.480 e. The van der Waals surface area contributed by atoms with Crippen LogP contribution in [0.4, 0.5) is 0 Å². The second-order valence-corrected chi connectivity index (χ2v) is 7.78. The number of ether oxygens (including phenoxy) is 1. The summed E-state index contributed by atoms with van der Waals surface area (Å²) in [5.74, 6) is -1.86. The van der Waals surface area contributed by atoms with Crippen LogP contribution in [0.5, 0.6) is 0 Å². The van der Waals surface area contributed by atoms with Gasteiger partial charge in [-0.2, -0.15) is 4.72 Å². The number of carboxylic acids is 1. The molecule has 1 rings (SSSR count). The Kier molecular flexibility index (Phi) is 5.87. The van der Waals surface area contributed by atoms with Crippen LogP contribution in [0.15, 0.2) is 16.3 Å². The molecule has 2 N–H and O–H groups in total. The van der Waals surface area contributed by atoms with Crippen LogP contribution in [0, 0.1) is 5.92 Å². The molecule has 0 aromatic carbocycles. The summed E-state index contributed by atoms with van der Waals surface area (Å²) in [4.78, 5) is 22.5. The Morgan fingerprint density at radius 2 is 2.00 bits per heavy atom. The van der Waals surface area contributed by atoms with Crippen LogP contribution >= 0.6 is 11.3 Å². The number of sulfonamides is 1. The Morgan fingerprint density at radius 1 is 1.38 bits per heavy atom. The van der Waals surface area contributed by atoms with Crippen molar-refractivity contribution in [2.45, 2.75) is 30.5 Å². The number of nitrogens with one attached hydrogen (secondary N) is 1. The number of thiophene rings is 1. The molecule has 0 bridgehead atoms. The first-order valence-electron chi connectivity index (χ1n) is 6.10. The van der Waals surface area contributed by atoms with Crippen LogP contribution in [0.3, 0.4) is 0 Å². The maximum Gasteiger partial charge on any atom is 0.348 e. The topological polar surface area (TPSA) is 110 Å². The lowest BCUT2D eigenvalue weighted by Gasteiger charge is -2.15. The van der Waals surface area contributed by atoms with Crippen molar-refractivity contribution in [1.29, 1.82) is 0 Å². The first-order valence-corrected chi connectivity index (χ1v) is 8.40. The molecule has 1 aromatic heterocycles. The van der Waals surface area contributed by atoms with Crippen molar-refractivity contribution >= 4 is 33.3 Å². The molecule has 1 heterocycles. The maximum absolute atomic E-state index is 12.1. The second-order valence-electron chi connectivity index (χ2n) is 4.75. The zero-order valence-electron chi connectivity index (χ0n) is 11.8. The van der Waals surface area contributed by atoms with Crippen LogP contribution < -0.4 is 4.72 Å². The van der Waals surface area contributed by atoms with Crippen LogP contribution in [0.1, 0.15) is 29.9 Å². The van der Waals surface area contributed by atoms with Gasteiger partial charge in [-0.05, 0) is 24.5 Å². The van der Waals surface area contributed by atoms with Crippen molar-refractivity contribution in [3.05, 3.63) is 17.0 Å². The van der Waals surface area contributed by atoms with E-state index in [2.05, 4.69) is 9.46 Å². The molecule has 7 nitrogen and oxygen atoms in total. The third-order valence-corrected chi connectivity index (χ3v) is 5.56.